The Balaban J connectivity index is 2.37. The van der Waals surface area contributed by atoms with E-state index < -0.39 is 11.7 Å². The van der Waals surface area contributed by atoms with Crippen LogP contribution in [0.3, 0.4) is 0 Å². The first kappa shape index (κ1) is 18.2. The number of ether oxygens (including phenoxy) is 2. The van der Waals surface area contributed by atoms with Gasteiger partial charge < -0.3 is 20.1 Å². The predicted octanol–water partition coefficient (Wildman–Crippen LogP) is 3.01. The van der Waals surface area contributed by atoms with E-state index in [1.54, 1.807) is 12.1 Å². The van der Waals surface area contributed by atoms with Crippen LogP contribution in [0.15, 0.2) is 18.2 Å². The monoisotopic (exact) mass is 312 g/mol. The molecule has 0 aromatic heterocycles. The number of nitrogens with one attached hydrogen (secondary N) is 2. The van der Waals surface area contributed by atoms with Crippen molar-refractivity contribution in [2.75, 3.05) is 20.2 Å². The van der Waals surface area contributed by atoms with Crippen molar-refractivity contribution in [3.8, 4) is 5.75 Å². The second kappa shape index (κ2) is 7.98. The maximum Gasteiger partial charge on any atom is 0.407 e. The van der Waals surface area contributed by atoms with E-state index in [2.05, 4.69) is 10.6 Å². The van der Waals surface area contributed by atoms with Crippen molar-refractivity contribution in [1.82, 2.24) is 10.6 Å². The molecule has 22 heavy (non-hydrogen) atoms. The van der Waals surface area contributed by atoms with Crippen LogP contribution in [0.2, 0.25) is 0 Å². The number of carbonyl (C=O) groups excluding carboxylic acids is 1. The number of carbonyl (C=O) groups is 1. The third-order valence-electron chi connectivity index (χ3n) is 2.92. The van der Waals surface area contributed by atoms with Gasteiger partial charge in [-0.1, -0.05) is 6.07 Å². The Labute approximate surface area is 131 Å². The quantitative estimate of drug-likeness (QED) is 0.793. The zero-order valence-electron chi connectivity index (χ0n) is 13.8. The molecule has 0 saturated heterocycles. The van der Waals surface area contributed by atoms with Crippen LogP contribution < -0.4 is 15.4 Å². The van der Waals surface area contributed by atoms with Crippen molar-refractivity contribution in [2.45, 2.75) is 39.3 Å². The molecular weight excluding hydrogens is 287 g/mol. The van der Waals surface area contributed by atoms with Crippen molar-refractivity contribution in [2.24, 2.45) is 0 Å². The van der Waals surface area contributed by atoms with E-state index in [1.807, 2.05) is 27.7 Å². The highest BCUT2D eigenvalue weighted by molar-refractivity contribution is 5.67. The Morgan fingerprint density at radius 3 is 2.59 bits per heavy atom. The number of hydrogen-bond acceptors (Lipinski definition) is 4. The first-order chi connectivity index (χ1) is 10.2. The molecule has 1 amide bonds. The smallest absolute Gasteiger partial charge is 0.407 e. The predicted molar refractivity (Wildman–Crippen MR) is 83.6 cm³/mol. The summed E-state index contributed by atoms with van der Waals surface area (Å²) in [5.74, 6) is -0.164. The number of amides is 1. The first-order valence-corrected chi connectivity index (χ1v) is 7.26. The van der Waals surface area contributed by atoms with Crippen molar-refractivity contribution in [1.29, 1.82) is 0 Å². The fourth-order valence-corrected chi connectivity index (χ4v) is 1.83. The van der Waals surface area contributed by atoms with E-state index in [4.69, 9.17) is 9.47 Å². The van der Waals surface area contributed by atoms with Gasteiger partial charge in [0.1, 0.15) is 5.60 Å². The van der Waals surface area contributed by atoms with Crippen molar-refractivity contribution in [3.63, 3.8) is 0 Å². The largest absolute Gasteiger partial charge is 0.494 e. The summed E-state index contributed by atoms with van der Waals surface area (Å²) in [6.07, 6.45) is -0.439. The fraction of sp³-hybridized carbons (Fsp3) is 0.562. The maximum absolute atomic E-state index is 13.4. The molecule has 0 saturated carbocycles. The molecule has 0 fully saturated rings. The summed E-state index contributed by atoms with van der Waals surface area (Å²) in [7, 11) is 1.44. The van der Waals surface area contributed by atoms with Gasteiger partial charge in [-0.15, -0.1) is 0 Å². The highest BCUT2D eigenvalue weighted by Crippen LogP contribution is 2.22. The summed E-state index contributed by atoms with van der Waals surface area (Å²) in [6.45, 7) is 8.41. The van der Waals surface area contributed by atoms with Crippen molar-refractivity contribution >= 4 is 6.09 Å². The molecule has 2 N–H and O–H groups in total. The van der Waals surface area contributed by atoms with Crippen LogP contribution >= 0.6 is 0 Å². The first-order valence-electron chi connectivity index (χ1n) is 7.26. The summed E-state index contributed by atoms with van der Waals surface area (Å²) in [5.41, 5.74) is 0.408. The van der Waals surface area contributed by atoms with E-state index >= 15 is 0 Å². The van der Waals surface area contributed by atoms with Crippen molar-refractivity contribution in [3.05, 3.63) is 29.6 Å². The molecular formula is C16H25FN2O3. The van der Waals surface area contributed by atoms with Crippen LogP contribution in [0.5, 0.6) is 5.75 Å². The normalized spacial score (nSPS) is 12.6. The van der Waals surface area contributed by atoms with Gasteiger partial charge in [0.05, 0.1) is 7.11 Å². The van der Waals surface area contributed by atoms with Crippen LogP contribution in [-0.4, -0.2) is 31.9 Å². The number of alkyl carbamates (subject to hydrolysis) is 1. The zero-order valence-corrected chi connectivity index (χ0v) is 13.8. The van der Waals surface area contributed by atoms with E-state index in [1.165, 1.54) is 13.2 Å². The van der Waals surface area contributed by atoms with Crippen molar-refractivity contribution < 1.29 is 18.7 Å². The highest BCUT2D eigenvalue weighted by Gasteiger charge is 2.15. The summed E-state index contributed by atoms with van der Waals surface area (Å²) in [6, 6.07) is 4.76. The van der Waals surface area contributed by atoms with Crippen LogP contribution in [0.4, 0.5) is 9.18 Å². The maximum atomic E-state index is 13.4. The summed E-state index contributed by atoms with van der Waals surface area (Å²) in [5, 5.41) is 5.91. The summed E-state index contributed by atoms with van der Waals surface area (Å²) >= 11 is 0. The van der Waals surface area contributed by atoms with Crippen LogP contribution in [-0.2, 0) is 4.74 Å². The molecule has 124 valence electrons. The molecule has 0 aliphatic rings. The zero-order chi connectivity index (χ0) is 16.8. The average molecular weight is 312 g/mol. The second-order valence-electron chi connectivity index (χ2n) is 6.00. The minimum Gasteiger partial charge on any atom is -0.494 e. The molecule has 0 aliphatic heterocycles. The summed E-state index contributed by atoms with van der Waals surface area (Å²) < 4.78 is 23.5. The minimum atomic E-state index is -0.504. The molecule has 0 radical (unpaired) electrons. The number of halogens is 1. The topological polar surface area (TPSA) is 59.6 Å². The van der Waals surface area contributed by atoms with Gasteiger partial charge in [-0.05, 0) is 45.4 Å². The molecule has 5 nitrogen and oxygen atoms in total. The fourth-order valence-electron chi connectivity index (χ4n) is 1.83. The Bertz CT molecular complexity index is 501. The lowest BCUT2D eigenvalue weighted by molar-refractivity contribution is 0.0528. The Morgan fingerprint density at radius 1 is 1.32 bits per heavy atom. The van der Waals surface area contributed by atoms with Gasteiger partial charge in [-0.25, -0.2) is 9.18 Å². The molecule has 1 atom stereocenters. The number of hydrogen-bond donors (Lipinski definition) is 2. The molecule has 1 rings (SSSR count). The highest BCUT2D eigenvalue weighted by atomic mass is 19.1. The van der Waals surface area contributed by atoms with Crippen LogP contribution in [0.1, 0.15) is 39.3 Å². The lowest BCUT2D eigenvalue weighted by Gasteiger charge is -2.20. The number of benzene rings is 1. The Morgan fingerprint density at radius 2 is 2.00 bits per heavy atom. The third kappa shape index (κ3) is 6.30. The third-order valence-corrected chi connectivity index (χ3v) is 2.92. The molecule has 0 heterocycles. The van der Waals surface area contributed by atoms with E-state index in [9.17, 15) is 9.18 Å². The number of methoxy groups -OCH3 is 1. The van der Waals surface area contributed by atoms with Gasteiger partial charge in [0.25, 0.3) is 0 Å². The molecule has 1 unspecified atom stereocenters. The lowest BCUT2D eigenvalue weighted by atomic mass is 10.1. The molecule has 1 aromatic carbocycles. The Kier molecular flexibility index (Phi) is 6.61. The van der Waals surface area contributed by atoms with E-state index in [0.717, 1.165) is 5.56 Å². The van der Waals surface area contributed by atoms with Crippen LogP contribution in [0.25, 0.3) is 0 Å². The van der Waals surface area contributed by atoms with Gasteiger partial charge in [-0.2, -0.15) is 0 Å². The van der Waals surface area contributed by atoms with E-state index in [-0.39, 0.29) is 17.6 Å². The van der Waals surface area contributed by atoms with Gasteiger partial charge in [0.2, 0.25) is 0 Å². The molecule has 0 aliphatic carbocycles. The standard InChI is InChI=1S/C16H25FN2O3/c1-11(12-6-7-13(17)14(10-12)21-5)18-8-9-19-15(20)22-16(2,3)4/h6-7,10-11,18H,8-9H2,1-5H3,(H,19,20). The molecule has 0 spiro atoms. The number of rotatable bonds is 6. The van der Waals surface area contributed by atoms with E-state index in [0.29, 0.717) is 13.1 Å². The minimum absolute atomic E-state index is 0.00920. The van der Waals surface area contributed by atoms with Gasteiger partial charge in [0.15, 0.2) is 11.6 Å². The molecule has 6 heteroatoms. The van der Waals surface area contributed by atoms with Gasteiger partial charge in [-0.3, -0.25) is 0 Å². The Hall–Kier alpha value is -1.82. The van der Waals surface area contributed by atoms with Gasteiger partial charge >= 0.3 is 6.09 Å². The SMILES string of the molecule is COc1cc(C(C)NCCNC(=O)OC(C)(C)C)ccc1F. The van der Waals surface area contributed by atoms with Crippen LogP contribution in [0, 0.1) is 5.82 Å². The molecule has 1 aromatic rings. The molecule has 0 bridgehead atoms. The van der Waals surface area contributed by atoms with Gasteiger partial charge in [0, 0.05) is 19.1 Å². The lowest BCUT2D eigenvalue weighted by Crippen LogP contribution is -2.36. The average Bonchev–Trinajstić information content (AvgIpc) is 2.42. The summed E-state index contributed by atoms with van der Waals surface area (Å²) in [4.78, 5) is 11.5. The second-order valence-corrected chi connectivity index (χ2v) is 6.00.